The molecular formula is C33H30N6O2. The maximum atomic E-state index is 13.6. The first-order valence-electron chi connectivity index (χ1n) is 14.0. The van der Waals surface area contributed by atoms with Gasteiger partial charge in [-0.15, -0.1) is 0 Å². The molecule has 0 radical (unpaired) electrons. The van der Waals surface area contributed by atoms with Crippen LogP contribution in [0.15, 0.2) is 101 Å². The first kappa shape index (κ1) is 25.0. The van der Waals surface area contributed by atoms with Crippen molar-refractivity contribution in [3.8, 4) is 5.69 Å². The number of aliphatic imine (C=N–C) groups is 1. The first-order valence-corrected chi connectivity index (χ1v) is 14.0. The molecule has 0 aliphatic carbocycles. The molecule has 1 fully saturated rings. The number of urea groups is 1. The number of H-pyrrole nitrogens is 1. The minimum absolute atomic E-state index is 0.0467. The van der Waals surface area contributed by atoms with Gasteiger partial charge < -0.3 is 15.2 Å². The van der Waals surface area contributed by atoms with Crippen LogP contribution >= 0.6 is 0 Å². The number of hydrogen-bond donors (Lipinski definition) is 2. The lowest BCUT2D eigenvalue weighted by molar-refractivity contribution is 0.177. The Labute approximate surface area is 237 Å². The highest BCUT2D eigenvalue weighted by atomic mass is 16.2. The molecule has 2 N–H and O–H groups in total. The van der Waals surface area contributed by atoms with Crippen molar-refractivity contribution >= 4 is 22.6 Å². The molecule has 1 saturated heterocycles. The van der Waals surface area contributed by atoms with Crippen LogP contribution in [0.25, 0.3) is 16.6 Å². The average molecular weight is 543 g/mol. The zero-order valence-electron chi connectivity index (χ0n) is 22.7. The van der Waals surface area contributed by atoms with Crippen LogP contribution in [0.5, 0.6) is 0 Å². The summed E-state index contributed by atoms with van der Waals surface area (Å²) in [6.07, 6.45) is 2.59. The number of fused-ring (bicyclic) bond motifs is 4. The molecule has 2 aliphatic rings. The lowest BCUT2D eigenvalue weighted by atomic mass is 9.89. The van der Waals surface area contributed by atoms with Crippen LogP contribution in [0.2, 0.25) is 0 Å². The normalized spacial score (nSPS) is 17.0. The van der Waals surface area contributed by atoms with Crippen molar-refractivity contribution in [2.75, 3.05) is 13.1 Å². The molecule has 2 aromatic heterocycles. The Hall–Kier alpha value is -4.98. The molecule has 2 aliphatic heterocycles. The number of likely N-dealkylation sites (tertiary alicyclic amines) is 1. The molecule has 3 aromatic carbocycles. The van der Waals surface area contributed by atoms with Crippen molar-refractivity contribution in [1.82, 2.24) is 24.8 Å². The topological polar surface area (TPSA) is 95.4 Å². The molecule has 4 heterocycles. The second-order valence-corrected chi connectivity index (χ2v) is 10.7. The van der Waals surface area contributed by atoms with Gasteiger partial charge >= 0.3 is 6.03 Å². The summed E-state index contributed by atoms with van der Waals surface area (Å²) < 4.78 is 2.08. The van der Waals surface area contributed by atoms with E-state index in [1.165, 1.54) is 0 Å². The van der Waals surface area contributed by atoms with Crippen molar-refractivity contribution in [1.29, 1.82) is 0 Å². The highest BCUT2D eigenvalue weighted by Crippen LogP contribution is 2.31. The zero-order valence-corrected chi connectivity index (χ0v) is 22.7. The maximum absolute atomic E-state index is 13.6. The van der Waals surface area contributed by atoms with Crippen LogP contribution in [0, 0.1) is 6.92 Å². The van der Waals surface area contributed by atoms with E-state index < -0.39 is 6.17 Å². The van der Waals surface area contributed by atoms with Gasteiger partial charge in [-0.2, -0.15) is 0 Å². The van der Waals surface area contributed by atoms with E-state index in [1.807, 2.05) is 90.8 Å². The predicted octanol–water partition coefficient (Wildman–Crippen LogP) is 5.46. The van der Waals surface area contributed by atoms with Crippen molar-refractivity contribution < 1.29 is 4.79 Å². The number of para-hydroxylation sites is 2. The van der Waals surface area contributed by atoms with Gasteiger partial charge in [0.1, 0.15) is 0 Å². The fraction of sp³-hybridized carbons (Fsp3) is 0.212. The Balaban J connectivity index is 1.16. The van der Waals surface area contributed by atoms with Crippen LogP contribution in [0.1, 0.15) is 53.1 Å². The minimum atomic E-state index is -0.667. The zero-order chi connectivity index (χ0) is 27.9. The van der Waals surface area contributed by atoms with E-state index >= 15 is 0 Å². The van der Waals surface area contributed by atoms with E-state index in [4.69, 9.17) is 9.98 Å². The van der Waals surface area contributed by atoms with Crippen molar-refractivity contribution in [2.45, 2.75) is 31.8 Å². The molecule has 8 nitrogen and oxygen atoms in total. The third kappa shape index (κ3) is 4.51. The van der Waals surface area contributed by atoms with E-state index in [0.717, 1.165) is 57.5 Å². The second-order valence-electron chi connectivity index (χ2n) is 10.7. The van der Waals surface area contributed by atoms with Gasteiger partial charge in [0.2, 0.25) is 0 Å². The summed E-state index contributed by atoms with van der Waals surface area (Å²) in [5.74, 6) is 0.774. The van der Waals surface area contributed by atoms with E-state index in [-0.39, 0.29) is 17.5 Å². The number of aromatic amines is 1. The monoisotopic (exact) mass is 542 g/mol. The Kier molecular flexibility index (Phi) is 6.23. The van der Waals surface area contributed by atoms with E-state index in [1.54, 1.807) is 0 Å². The lowest BCUT2D eigenvalue weighted by Crippen LogP contribution is -2.45. The van der Waals surface area contributed by atoms with Crippen molar-refractivity contribution in [3.05, 3.63) is 130 Å². The maximum Gasteiger partial charge on any atom is 0.319 e. The number of aryl methyl sites for hydroxylation is 1. The number of nitrogens with zero attached hydrogens (tertiary/aromatic N) is 4. The molecule has 8 heteroatoms. The molecule has 0 saturated carbocycles. The standard InChI is InChI=1S/C33H30N6O2/c1-21-20-34-31-30(36-29(23-9-3-2-4-10-23)25-12-6-8-14-28(25)39(21)31)37-33(41)38-17-15-22(16-18-38)26-19-24-11-5-7-13-27(24)35-32(26)40/h2-14,19-20,22,30H,15-18H2,1H3,(H,35,40)(H,37,41). The molecule has 2 amide bonds. The molecule has 0 spiro atoms. The van der Waals surface area contributed by atoms with Gasteiger partial charge in [-0.3, -0.25) is 14.4 Å². The number of pyridine rings is 1. The van der Waals surface area contributed by atoms with E-state index in [2.05, 4.69) is 27.0 Å². The summed E-state index contributed by atoms with van der Waals surface area (Å²) in [5, 5.41) is 4.19. The van der Waals surface area contributed by atoms with E-state index in [0.29, 0.717) is 18.9 Å². The summed E-state index contributed by atoms with van der Waals surface area (Å²) in [6.45, 7) is 3.12. The van der Waals surface area contributed by atoms with Crippen LogP contribution < -0.4 is 10.9 Å². The number of carbonyl (C=O) groups is 1. The van der Waals surface area contributed by atoms with Gasteiger partial charge in [0.05, 0.1) is 11.4 Å². The van der Waals surface area contributed by atoms with Gasteiger partial charge in [0.25, 0.3) is 5.56 Å². The summed E-state index contributed by atoms with van der Waals surface area (Å²) in [5.41, 5.74) is 6.31. The van der Waals surface area contributed by atoms with Crippen molar-refractivity contribution in [2.24, 2.45) is 4.99 Å². The number of piperidine rings is 1. The Morgan fingerprint density at radius 2 is 1.68 bits per heavy atom. The number of imidazole rings is 1. The Bertz CT molecular complexity index is 1850. The summed E-state index contributed by atoms with van der Waals surface area (Å²) >= 11 is 0. The van der Waals surface area contributed by atoms with Gasteiger partial charge in [-0.25, -0.2) is 9.78 Å². The fourth-order valence-corrected chi connectivity index (χ4v) is 6.08. The number of nitrogens with one attached hydrogen (secondary N) is 2. The number of amides is 2. The predicted molar refractivity (Wildman–Crippen MR) is 160 cm³/mol. The quantitative estimate of drug-likeness (QED) is 0.317. The molecule has 0 bridgehead atoms. The van der Waals surface area contributed by atoms with Crippen LogP contribution in [-0.4, -0.2) is 44.3 Å². The molecule has 41 heavy (non-hydrogen) atoms. The number of benzene rings is 3. The number of aromatic nitrogens is 3. The molecule has 5 aromatic rings. The van der Waals surface area contributed by atoms with Gasteiger partial charge in [0, 0.05) is 47.2 Å². The third-order valence-electron chi connectivity index (χ3n) is 8.18. The molecule has 1 unspecified atom stereocenters. The SMILES string of the molecule is Cc1cnc2n1-c1ccccc1C(c1ccccc1)=NC2NC(=O)N1CCC(c2cc3ccccc3[nH]c2=O)CC1. The Morgan fingerprint density at radius 1 is 0.951 bits per heavy atom. The van der Waals surface area contributed by atoms with E-state index in [9.17, 15) is 9.59 Å². The van der Waals surface area contributed by atoms with Gasteiger partial charge in [0.15, 0.2) is 12.0 Å². The van der Waals surface area contributed by atoms with Crippen molar-refractivity contribution in [3.63, 3.8) is 0 Å². The van der Waals surface area contributed by atoms with Gasteiger partial charge in [-0.1, -0.05) is 66.7 Å². The smallest absolute Gasteiger partial charge is 0.319 e. The molecule has 7 rings (SSSR count). The highest BCUT2D eigenvalue weighted by Gasteiger charge is 2.31. The van der Waals surface area contributed by atoms with Crippen LogP contribution in [0.4, 0.5) is 4.79 Å². The number of carbonyl (C=O) groups excluding carboxylic acids is 1. The largest absolute Gasteiger partial charge is 0.325 e. The Morgan fingerprint density at radius 3 is 2.51 bits per heavy atom. The van der Waals surface area contributed by atoms with Gasteiger partial charge in [-0.05, 0) is 49.3 Å². The fourth-order valence-electron chi connectivity index (χ4n) is 6.08. The second kappa shape index (κ2) is 10.2. The van der Waals surface area contributed by atoms with Crippen LogP contribution in [0.3, 0.4) is 0 Å². The highest BCUT2D eigenvalue weighted by molar-refractivity contribution is 6.15. The molecule has 204 valence electrons. The summed E-state index contributed by atoms with van der Waals surface area (Å²) in [6, 6.07) is 27.8. The number of hydrogen-bond acceptors (Lipinski definition) is 4. The first-order chi connectivity index (χ1) is 20.1. The lowest BCUT2D eigenvalue weighted by Gasteiger charge is -2.32. The number of rotatable bonds is 3. The summed E-state index contributed by atoms with van der Waals surface area (Å²) in [4.78, 5) is 41.1. The average Bonchev–Trinajstić information content (AvgIpc) is 3.33. The minimum Gasteiger partial charge on any atom is -0.325 e. The van der Waals surface area contributed by atoms with Crippen LogP contribution in [-0.2, 0) is 0 Å². The summed E-state index contributed by atoms with van der Waals surface area (Å²) in [7, 11) is 0. The third-order valence-corrected chi connectivity index (χ3v) is 8.18. The molecular weight excluding hydrogens is 512 g/mol. The molecule has 1 atom stereocenters.